The molecule has 2 fully saturated rings. The minimum absolute atomic E-state index is 0.135. The van der Waals surface area contributed by atoms with Crippen LogP contribution in [0.4, 0.5) is 5.69 Å². The molecule has 9 heteroatoms. The predicted molar refractivity (Wildman–Crippen MR) is 138 cm³/mol. The van der Waals surface area contributed by atoms with Gasteiger partial charge in [-0.05, 0) is 81.0 Å². The maximum atomic E-state index is 13.3. The second kappa shape index (κ2) is 11.4. The number of carbonyl (C=O) groups is 2. The highest BCUT2D eigenvalue weighted by Gasteiger charge is 2.33. The van der Waals surface area contributed by atoms with Gasteiger partial charge in [-0.3, -0.25) is 9.59 Å². The van der Waals surface area contributed by atoms with Crippen LogP contribution in [0.15, 0.2) is 47.4 Å². The van der Waals surface area contributed by atoms with Crippen molar-refractivity contribution in [3.63, 3.8) is 0 Å². The largest absolute Gasteiger partial charge is 0.494 e. The zero-order chi connectivity index (χ0) is 25.7. The zero-order valence-electron chi connectivity index (χ0n) is 21.0. The number of nitrogens with zero attached hydrogens (tertiary/aromatic N) is 2. The molecule has 1 atom stereocenters. The number of hydrogen-bond acceptors (Lipinski definition) is 5. The Kier molecular flexibility index (Phi) is 8.31. The fourth-order valence-electron chi connectivity index (χ4n) is 4.83. The second-order valence-corrected chi connectivity index (χ2v) is 11.5. The summed E-state index contributed by atoms with van der Waals surface area (Å²) >= 11 is 0. The van der Waals surface area contributed by atoms with Crippen LogP contribution in [-0.2, 0) is 26.0 Å². The fraction of sp³-hybridized carbons (Fsp3) is 0.481. The third-order valence-corrected chi connectivity index (χ3v) is 8.74. The Bertz CT molecular complexity index is 1190. The lowest BCUT2D eigenvalue weighted by Crippen LogP contribution is -2.43. The Balaban J connectivity index is 1.36. The van der Waals surface area contributed by atoms with Crippen LogP contribution in [0.3, 0.4) is 0 Å². The topological polar surface area (TPSA) is 96.0 Å². The molecule has 2 heterocycles. The Morgan fingerprint density at radius 1 is 1.03 bits per heavy atom. The molecule has 2 amide bonds. The van der Waals surface area contributed by atoms with Gasteiger partial charge < -0.3 is 15.0 Å². The number of likely N-dealkylation sites (tertiary alicyclic amines) is 1. The van der Waals surface area contributed by atoms with E-state index in [0.717, 1.165) is 37.1 Å². The molecule has 1 N–H and O–H groups in total. The third kappa shape index (κ3) is 6.07. The van der Waals surface area contributed by atoms with Crippen LogP contribution >= 0.6 is 0 Å². The van der Waals surface area contributed by atoms with Crippen molar-refractivity contribution >= 4 is 27.5 Å². The maximum absolute atomic E-state index is 13.3. The van der Waals surface area contributed by atoms with Crippen molar-refractivity contribution in [1.29, 1.82) is 0 Å². The fourth-order valence-corrected chi connectivity index (χ4v) is 6.44. The van der Waals surface area contributed by atoms with E-state index in [1.165, 1.54) is 4.31 Å². The zero-order valence-corrected chi connectivity index (χ0v) is 21.9. The number of anilines is 1. The molecule has 194 valence electrons. The van der Waals surface area contributed by atoms with E-state index in [0.29, 0.717) is 43.9 Å². The minimum Gasteiger partial charge on any atom is -0.494 e. The van der Waals surface area contributed by atoms with Crippen molar-refractivity contribution in [2.75, 3.05) is 38.1 Å². The Labute approximate surface area is 213 Å². The number of nitrogens with one attached hydrogen (secondary N) is 1. The molecule has 0 aromatic heterocycles. The molecule has 2 aromatic rings. The molecule has 0 aliphatic carbocycles. The molecule has 0 saturated carbocycles. The number of amides is 2. The number of aryl methyl sites for hydroxylation is 1. The summed E-state index contributed by atoms with van der Waals surface area (Å²) in [5.74, 6) is 0.168. The van der Waals surface area contributed by atoms with Gasteiger partial charge in [0.15, 0.2) is 0 Å². The maximum Gasteiger partial charge on any atom is 0.243 e. The van der Waals surface area contributed by atoms with Crippen molar-refractivity contribution < 1.29 is 22.7 Å². The summed E-state index contributed by atoms with van der Waals surface area (Å²) in [4.78, 5) is 27.4. The van der Waals surface area contributed by atoms with E-state index in [9.17, 15) is 18.0 Å². The first-order valence-electron chi connectivity index (χ1n) is 12.7. The molecule has 2 aliphatic rings. The lowest BCUT2D eigenvalue weighted by atomic mass is 9.98. The normalized spacial score (nSPS) is 18.7. The van der Waals surface area contributed by atoms with Gasteiger partial charge in [0, 0.05) is 31.9 Å². The molecular formula is C27H35N3O5S. The van der Waals surface area contributed by atoms with E-state index < -0.39 is 15.9 Å². The smallest absolute Gasteiger partial charge is 0.243 e. The quantitative estimate of drug-likeness (QED) is 0.582. The van der Waals surface area contributed by atoms with Gasteiger partial charge in [-0.25, -0.2) is 8.42 Å². The highest BCUT2D eigenvalue weighted by atomic mass is 32.2. The van der Waals surface area contributed by atoms with Crippen LogP contribution in [0.5, 0.6) is 5.75 Å². The van der Waals surface area contributed by atoms with Gasteiger partial charge in [-0.15, -0.1) is 0 Å². The van der Waals surface area contributed by atoms with E-state index >= 15 is 0 Å². The van der Waals surface area contributed by atoms with Crippen LogP contribution < -0.4 is 10.1 Å². The first-order chi connectivity index (χ1) is 17.3. The average Bonchev–Trinajstić information content (AvgIpc) is 3.42. The van der Waals surface area contributed by atoms with E-state index in [1.54, 1.807) is 30.3 Å². The summed E-state index contributed by atoms with van der Waals surface area (Å²) in [5, 5.41) is 2.92. The minimum atomic E-state index is -3.72. The average molecular weight is 514 g/mol. The number of sulfonamides is 1. The number of rotatable bonds is 8. The first-order valence-corrected chi connectivity index (χ1v) is 14.1. The SMILES string of the molecule is CCOc1ccc(S(=O)(=O)N2CCC[C@H](C(=O)Nc3ccc(CC(=O)N4CCCC4)cc3)C2)cc1C. The van der Waals surface area contributed by atoms with Gasteiger partial charge in [-0.2, -0.15) is 4.31 Å². The summed E-state index contributed by atoms with van der Waals surface area (Å²) in [6, 6.07) is 12.2. The van der Waals surface area contributed by atoms with E-state index in [4.69, 9.17) is 4.74 Å². The predicted octanol–water partition coefficient (Wildman–Crippen LogP) is 3.60. The van der Waals surface area contributed by atoms with Crippen LogP contribution in [0, 0.1) is 12.8 Å². The number of carbonyl (C=O) groups excluding carboxylic acids is 2. The Hall–Kier alpha value is -2.91. The van der Waals surface area contributed by atoms with Gasteiger partial charge in [0.1, 0.15) is 5.75 Å². The summed E-state index contributed by atoms with van der Waals surface area (Å²) < 4.78 is 33.5. The molecule has 8 nitrogen and oxygen atoms in total. The summed E-state index contributed by atoms with van der Waals surface area (Å²) in [5.41, 5.74) is 2.31. The van der Waals surface area contributed by atoms with Crippen molar-refractivity contribution in [3.8, 4) is 5.75 Å². The van der Waals surface area contributed by atoms with Crippen molar-refractivity contribution in [2.24, 2.45) is 5.92 Å². The van der Waals surface area contributed by atoms with Crippen molar-refractivity contribution in [3.05, 3.63) is 53.6 Å². The van der Waals surface area contributed by atoms with Crippen LogP contribution in [0.1, 0.15) is 43.7 Å². The van der Waals surface area contributed by atoms with Gasteiger partial charge in [0.2, 0.25) is 21.8 Å². The molecule has 0 unspecified atom stereocenters. The Morgan fingerprint density at radius 2 is 1.75 bits per heavy atom. The number of ether oxygens (including phenoxy) is 1. The number of benzene rings is 2. The van der Waals surface area contributed by atoms with Crippen LogP contribution in [0.2, 0.25) is 0 Å². The standard InChI is InChI=1S/C27H35N3O5S/c1-3-35-25-13-12-24(17-20(25)2)36(33,34)30-16-6-7-22(19-30)27(32)28-23-10-8-21(9-11-23)18-26(31)29-14-4-5-15-29/h8-13,17,22H,3-7,14-16,18-19H2,1-2H3,(H,28,32)/t22-/m0/s1. The Morgan fingerprint density at radius 3 is 2.42 bits per heavy atom. The van der Waals surface area contributed by atoms with Gasteiger partial charge in [0.05, 0.1) is 23.8 Å². The van der Waals surface area contributed by atoms with Crippen LogP contribution in [0.25, 0.3) is 0 Å². The summed E-state index contributed by atoms with van der Waals surface area (Å²) in [6.07, 6.45) is 3.73. The van der Waals surface area contributed by atoms with Gasteiger partial charge in [0.25, 0.3) is 0 Å². The van der Waals surface area contributed by atoms with Gasteiger partial charge >= 0.3 is 0 Å². The first kappa shape index (κ1) is 26.2. The monoisotopic (exact) mass is 513 g/mol. The highest BCUT2D eigenvalue weighted by Crippen LogP contribution is 2.28. The third-order valence-electron chi connectivity index (χ3n) is 6.87. The second-order valence-electron chi connectivity index (χ2n) is 9.51. The molecule has 2 aliphatic heterocycles. The highest BCUT2D eigenvalue weighted by molar-refractivity contribution is 7.89. The molecule has 2 saturated heterocycles. The molecular weight excluding hydrogens is 478 g/mol. The van der Waals surface area contributed by atoms with Crippen molar-refractivity contribution in [1.82, 2.24) is 9.21 Å². The van der Waals surface area contributed by atoms with E-state index in [1.807, 2.05) is 30.9 Å². The van der Waals surface area contributed by atoms with E-state index in [-0.39, 0.29) is 23.3 Å². The van der Waals surface area contributed by atoms with E-state index in [2.05, 4.69) is 5.32 Å². The molecule has 0 bridgehead atoms. The van der Waals surface area contributed by atoms with Gasteiger partial charge in [-0.1, -0.05) is 12.1 Å². The summed E-state index contributed by atoms with van der Waals surface area (Å²) in [6.45, 7) is 6.41. The molecule has 0 radical (unpaired) electrons. The van der Waals surface area contributed by atoms with Crippen LogP contribution in [-0.4, -0.2) is 62.2 Å². The molecule has 0 spiro atoms. The number of hydrogen-bond donors (Lipinski definition) is 1. The lowest BCUT2D eigenvalue weighted by molar-refractivity contribution is -0.129. The summed E-state index contributed by atoms with van der Waals surface area (Å²) in [7, 11) is -3.72. The number of piperidine rings is 1. The molecule has 4 rings (SSSR count). The van der Waals surface area contributed by atoms with Crippen molar-refractivity contribution in [2.45, 2.75) is 50.8 Å². The molecule has 36 heavy (non-hydrogen) atoms. The molecule has 2 aromatic carbocycles. The lowest BCUT2D eigenvalue weighted by Gasteiger charge is -2.31.